The lowest BCUT2D eigenvalue weighted by atomic mass is 10.2. The van der Waals surface area contributed by atoms with E-state index in [0.29, 0.717) is 16.7 Å². The molecule has 0 saturated carbocycles. The lowest BCUT2D eigenvalue weighted by Crippen LogP contribution is -2.02. The molecule has 0 atom stereocenters. The van der Waals surface area contributed by atoms with Crippen molar-refractivity contribution >= 4 is 11.0 Å². The summed E-state index contributed by atoms with van der Waals surface area (Å²) in [6, 6.07) is 8.30. The molecule has 0 N–H and O–H groups in total. The highest BCUT2D eigenvalue weighted by Crippen LogP contribution is 2.19. The zero-order valence-corrected chi connectivity index (χ0v) is 7.98. The highest BCUT2D eigenvalue weighted by Gasteiger charge is 2.04. The fourth-order valence-corrected chi connectivity index (χ4v) is 1.31. The normalized spacial score (nSPS) is 9.87. The van der Waals surface area contributed by atoms with Crippen LogP contribution < -0.4 is 10.4 Å². The molecule has 0 aliphatic carbocycles. The van der Waals surface area contributed by atoms with Crippen molar-refractivity contribution in [2.75, 3.05) is 7.11 Å². The van der Waals surface area contributed by atoms with E-state index in [2.05, 4.69) is 0 Å². The van der Waals surface area contributed by atoms with E-state index in [4.69, 9.17) is 14.4 Å². The van der Waals surface area contributed by atoms with E-state index in [9.17, 15) is 4.79 Å². The number of nitriles is 1. The maximum Gasteiger partial charge on any atom is 0.354 e. The molecule has 0 radical (unpaired) electrons. The van der Waals surface area contributed by atoms with E-state index in [1.165, 1.54) is 6.07 Å². The van der Waals surface area contributed by atoms with E-state index in [0.717, 1.165) is 0 Å². The third kappa shape index (κ3) is 1.55. The van der Waals surface area contributed by atoms with Crippen LogP contribution in [0.4, 0.5) is 0 Å². The molecule has 15 heavy (non-hydrogen) atoms. The zero-order valence-electron chi connectivity index (χ0n) is 7.98. The second kappa shape index (κ2) is 3.46. The van der Waals surface area contributed by atoms with Gasteiger partial charge in [-0.15, -0.1) is 0 Å². The fourth-order valence-electron chi connectivity index (χ4n) is 1.31. The Morgan fingerprint density at radius 2 is 2.20 bits per heavy atom. The smallest absolute Gasteiger partial charge is 0.354 e. The van der Waals surface area contributed by atoms with Crippen LogP contribution in [0.2, 0.25) is 0 Å². The quantitative estimate of drug-likeness (QED) is 0.658. The van der Waals surface area contributed by atoms with Crippen molar-refractivity contribution in [1.82, 2.24) is 0 Å². The highest BCUT2D eigenvalue weighted by molar-refractivity contribution is 5.79. The van der Waals surface area contributed by atoms with E-state index < -0.39 is 5.63 Å². The maximum absolute atomic E-state index is 11.2. The Morgan fingerprint density at radius 3 is 2.87 bits per heavy atom. The van der Waals surface area contributed by atoms with Gasteiger partial charge in [0.15, 0.2) is 0 Å². The van der Waals surface area contributed by atoms with Crippen LogP contribution in [0.25, 0.3) is 11.0 Å². The topological polar surface area (TPSA) is 63.2 Å². The Balaban J connectivity index is 2.78. The second-order valence-corrected chi connectivity index (χ2v) is 2.96. The van der Waals surface area contributed by atoms with Crippen LogP contribution in [0.5, 0.6) is 5.75 Å². The van der Waals surface area contributed by atoms with Gasteiger partial charge in [0, 0.05) is 5.39 Å². The average Bonchev–Trinajstić information content (AvgIpc) is 2.27. The summed E-state index contributed by atoms with van der Waals surface area (Å²) < 4.78 is 9.97. The Hall–Kier alpha value is -2.28. The number of methoxy groups -OCH3 is 1. The summed E-state index contributed by atoms with van der Waals surface area (Å²) in [5.41, 5.74) is -0.175. The van der Waals surface area contributed by atoms with Gasteiger partial charge in [-0.05, 0) is 24.3 Å². The monoisotopic (exact) mass is 201 g/mol. The van der Waals surface area contributed by atoms with Gasteiger partial charge in [-0.3, -0.25) is 0 Å². The molecule has 4 heteroatoms. The van der Waals surface area contributed by atoms with Crippen LogP contribution in [-0.2, 0) is 0 Å². The molecule has 2 aromatic rings. The molecule has 2 rings (SSSR count). The SMILES string of the molecule is COc1ccc2oc(=O)c(C#N)cc2c1. The summed E-state index contributed by atoms with van der Waals surface area (Å²) in [7, 11) is 1.55. The van der Waals surface area contributed by atoms with Gasteiger partial charge in [-0.2, -0.15) is 5.26 Å². The molecule has 74 valence electrons. The Morgan fingerprint density at radius 1 is 1.40 bits per heavy atom. The number of ether oxygens (including phenoxy) is 1. The molecule has 0 unspecified atom stereocenters. The minimum absolute atomic E-state index is 0.00393. The molecule has 1 aromatic carbocycles. The van der Waals surface area contributed by atoms with E-state index in [-0.39, 0.29) is 5.56 Å². The van der Waals surface area contributed by atoms with Crippen LogP contribution >= 0.6 is 0 Å². The molecule has 1 aromatic heterocycles. The Labute approximate surface area is 85.3 Å². The van der Waals surface area contributed by atoms with Crippen molar-refractivity contribution in [1.29, 1.82) is 5.26 Å². The van der Waals surface area contributed by atoms with Gasteiger partial charge in [0.05, 0.1) is 7.11 Å². The average molecular weight is 201 g/mol. The van der Waals surface area contributed by atoms with Gasteiger partial charge < -0.3 is 9.15 Å². The van der Waals surface area contributed by atoms with Crippen LogP contribution in [0.1, 0.15) is 5.56 Å². The largest absolute Gasteiger partial charge is 0.497 e. The summed E-state index contributed by atoms with van der Waals surface area (Å²) >= 11 is 0. The zero-order chi connectivity index (χ0) is 10.8. The third-order valence-electron chi connectivity index (χ3n) is 2.06. The lowest BCUT2D eigenvalue weighted by molar-refractivity contribution is 0.415. The molecular weight excluding hydrogens is 194 g/mol. The van der Waals surface area contributed by atoms with Crippen molar-refractivity contribution in [2.24, 2.45) is 0 Å². The van der Waals surface area contributed by atoms with Crippen LogP contribution in [0, 0.1) is 11.3 Å². The Kier molecular flexibility index (Phi) is 2.14. The third-order valence-corrected chi connectivity index (χ3v) is 2.06. The van der Waals surface area contributed by atoms with Crippen molar-refractivity contribution in [2.45, 2.75) is 0 Å². The van der Waals surface area contributed by atoms with Crippen LogP contribution in [0.15, 0.2) is 33.5 Å². The predicted molar refractivity (Wildman–Crippen MR) is 53.8 cm³/mol. The maximum atomic E-state index is 11.2. The summed E-state index contributed by atoms with van der Waals surface area (Å²) in [5, 5.41) is 9.33. The molecule has 0 spiro atoms. The van der Waals surface area contributed by atoms with Crippen molar-refractivity contribution < 1.29 is 9.15 Å². The fraction of sp³-hybridized carbons (Fsp3) is 0.0909. The molecular formula is C11H7NO3. The summed E-state index contributed by atoms with van der Waals surface area (Å²) in [5.74, 6) is 0.653. The molecule has 0 amide bonds. The van der Waals surface area contributed by atoms with Gasteiger partial charge in [0.25, 0.3) is 0 Å². The summed E-state index contributed by atoms with van der Waals surface area (Å²) in [4.78, 5) is 11.2. The van der Waals surface area contributed by atoms with Gasteiger partial charge >= 0.3 is 5.63 Å². The van der Waals surface area contributed by atoms with E-state index in [1.54, 1.807) is 31.4 Å². The molecule has 0 bridgehead atoms. The van der Waals surface area contributed by atoms with Gasteiger partial charge in [-0.1, -0.05) is 0 Å². The molecule has 1 heterocycles. The number of rotatable bonds is 1. The first-order valence-corrected chi connectivity index (χ1v) is 4.26. The van der Waals surface area contributed by atoms with E-state index >= 15 is 0 Å². The number of fused-ring (bicyclic) bond motifs is 1. The first-order chi connectivity index (χ1) is 7.24. The minimum Gasteiger partial charge on any atom is -0.497 e. The second-order valence-electron chi connectivity index (χ2n) is 2.96. The van der Waals surface area contributed by atoms with Gasteiger partial charge in [0.1, 0.15) is 23.0 Å². The minimum atomic E-state index is -0.616. The number of hydrogen-bond donors (Lipinski definition) is 0. The number of benzene rings is 1. The van der Waals surface area contributed by atoms with Crippen molar-refractivity contribution in [3.8, 4) is 11.8 Å². The Bertz CT molecular complexity index is 607. The van der Waals surface area contributed by atoms with Crippen LogP contribution in [-0.4, -0.2) is 7.11 Å². The van der Waals surface area contributed by atoms with E-state index in [1.807, 2.05) is 0 Å². The number of nitrogens with zero attached hydrogens (tertiary/aromatic N) is 1. The summed E-state index contributed by atoms with van der Waals surface area (Å²) in [6.07, 6.45) is 0. The standard InChI is InChI=1S/C11H7NO3/c1-14-9-2-3-10-7(5-9)4-8(6-12)11(13)15-10/h2-5H,1H3. The summed E-state index contributed by atoms with van der Waals surface area (Å²) in [6.45, 7) is 0. The number of hydrogen-bond acceptors (Lipinski definition) is 4. The molecule has 4 nitrogen and oxygen atoms in total. The van der Waals surface area contributed by atoms with Gasteiger partial charge in [-0.25, -0.2) is 4.79 Å². The van der Waals surface area contributed by atoms with Crippen molar-refractivity contribution in [3.05, 3.63) is 40.2 Å². The van der Waals surface area contributed by atoms with Crippen molar-refractivity contribution in [3.63, 3.8) is 0 Å². The van der Waals surface area contributed by atoms with Gasteiger partial charge in [0.2, 0.25) is 0 Å². The molecule has 0 saturated heterocycles. The first-order valence-electron chi connectivity index (χ1n) is 4.26. The highest BCUT2D eigenvalue weighted by atomic mass is 16.5. The molecule has 0 aliphatic rings. The predicted octanol–water partition coefficient (Wildman–Crippen LogP) is 1.67. The molecule has 0 aliphatic heterocycles. The van der Waals surface area contributed by atoms with Crippen LogP contribution in [0.3, 0.4) is 0 Å². The first kappa shape index (κ1) is 9.28. The molecule has 0 fully saturated rings. The lowest BCUT2D eigenvalue weighted by Gasteiger charge is -2.00.